The van der Waals surface area contributed by atoms with Crippen molar-refractivity contribution in [3.63, 3.8) is 0 Å². The molecule has 122 heavy (non-hydrogen) atoms. The normalized spacial score (nSPS) is 16.1. The van der Waals surface area contributed by atoms with E-state index in [1.807, 2.05) is 0 Å². The number of aliphatic imine (C=N–C) groups is 8. The third-order valence-corrected chi connectivity index (χ3v) is 20.4. The highest BCUT2D eigenvalue weighted by Crippen LogP contribution is 2.33. The predicted molar refractivity (Wildman–Crippen MR) is 468 cm³/mol. The van der Waals surface area contributed by atoms with Gasteiger partial charge in [0.2, 0.25) is 65.0 Å². The van der Waals surface area contributed by atoms with Gasteiger partial charge in [-0.3, -0.25) is 92.7 Å². The van der Waals surface area contributed by atoms with Crippen LogP contribution in [0.2, 0.25) is 0 Å². The minimum absolute atomic E-state index is 0.00396. The number of nitrogens with two attached hydrogens (primary N) is 19. The number of nitrogens with one attached hydrogen (secondary N) is 12. The summed E-state index contributed by atoms with van der Waals surface area (Å²) in [4.78, 5) is 198. The van der Waals surface area contributed by atoms with Crippen LogP contribution in [0.3, 0.4) is 0 Å². The summed E-state index contributed by atoms with van der Waals surface area (Å²) in [6.07, 6.45) is 3.95. The molecule has 0 bridgehead atoms. The largest absolute Gasteiger partial charge is 0.370 e. The molecule has 2 fully saturated rings. The Bertz CT molecular complexity index is 3560. The highest BCUT2D eigenvalue weighted by atomic mass is 32.2. The number of primary amides is 1. The van der Waals surface area contributed by atoms with Crippen LogP contribution < -0.4 is 173 Å². The lowest BCUT2D eigenvalue weighted by Crippen LogP contribution is -2.57. The van der Waals surface area contributed by atoms with E-state index in [4.69, 9.17) is 109 Å². The van der Waals surface area contributed by atoms with Gasteiger partial charge in [-0.05, 0) is 154 Å². The van der Waals surface area contributed by atoms with Gasteiger partial charge in [-0.2, -0.15) is 11.8 Å². The minimum atomic E-state index is -1.43. The summed E-state index contributed by atoms with van der Waals surface area (Å²) in [5, 5.41) is 33.2. The quantitative estimate of drug-likeness (QED) is 0.0116. The molecule has 0 saturated carbocycles. The maximum atomic E-state index is 14.8. The van der Waals surface area contributed by atoms with Gasteiger partial charge >= 0.3 is 6.03 Å². The molecule has 2 aliphatic rings. The molecule has 0 aromatic rings. The summed E-state index contributed by atoms with van der Waals surface area (Å²) in [5.74, 6) is -9.12. The topological polar surface area (TPSA) is 942 Å². The third kappa shape index (κ3) is 48.2. The second-order valence-electron chi connectivity index (χ2n) is 29.2. The summed E-state index contributed by atoms with van der Waals surface area (Å²) in [5.41, 5.74) is 107. The molecule has 0 aliphatic carbocycles. The fraction of sp³-hybridized carbons (Fsp3) is 0.714. The average Bonchev–Trinajstić information content (AvgIpc) is 1.66. The van der Waals surface area contributed by atoms with Gasteiger partial charge < -0.3 is 173 Å². The Morgan fingerprint density at radius 2 is 0.574 bits per heavy atom. The molecule has 13 amide bonds. The summed E-state index contributed by atoms with van der Waals surface area (Å²) in [6, 6.07) is -12.9. The zero-order chi connectivity index (χ0) is 91.1. The summed E-state index contributed by atoms with van der Waals surface area (Å²) in [7, 11) is 0. The van der Waals surface area contributed by atoms with Crippen LogP contribution in [0.25, 0.3) is 0 Å². The molecular formula is C70H137N39O12S. The molecule has 2 rings (SSSR count). The summed E-state index contributed by atoms with van der Waals surface area (Å²) < 4.78 is 0. The van der Waals surface area contributed by atoms with Crippen molar-refractivity contribution in [2.45, 2.75) is 245 Å². The van der Waals surface area contributed by atoms with Crippen LogP contribution in [0, 0.1) is 0 Å². The van der Waals surface area contributed by atoms with Crippen LogP contribution in [0.1, 0.15) is 167 Å². The Kier molecular flexibility index (Phi) is 52.4. The highest BCUT2D eigenvalue weighted by molar-refractivity contribution is 8.00. The number of carbonyl (C=O) groups excluding carboxylic acids is 12. The van der Waals surface area contributed by atoms with Crippen LogP contribution in [0.4, 0.5) is 4.79 Å². The van der Waals surface area contributed by atoms with Crippen LogP contribution >= 0.6 is 11.8 Å². The van der Waals surface area contributed by atoms with E-state index in [9.17, 15) is 57.5 Å². The average molecular weight is 1750 g/mol. The van der Waals surface area contributed by atoms with Crippen molar-refractivity contribution in [3.05, 3.63) is 0 Å². The van der Waals surface area contributed by atoms with Gasteiger partial charge in [0.25, 0.3) is 0 Å². The number of thioether (sulfide) groups is 1. The standard InChI is InChI=1S/C70H137N39O12S/c71-38(15-7-29-92-62(74)75)53(112)102-44(21-11-33-96-66(82)83)59(118)105-42(19-9-31-94-64(78)79)56(115)91-28-6-4-18-41(104-61(120)47(24-14-36-99-69(88)89)107-60(119)45(22-12-34-97-67(84)85)103-54(113)39(72)16-8-30-93-63(76)77)55(114)90-27-5-3-17-40(52(73)111)101-58(117)46(23-13-35-98-68(86)87)106-57(116)43(20-10-32-95-65(80)81)100-50(110)26-2-1-25-49-51-48(37-122-49)108-70(121)109-51/h38-49,51H,1-37,71-72H2,(H2,73,111)(H,90,114)(H,91,115)(H,100,110)(H,101,117)(H,102,112)(H,103,113)(H,104,120)(H,105,118)(H,106,116)(H,107,119)(H4,74,75,92)(H4,76,77,93)(H4,78,79,94)(H4,80,81,95)(H4,82,83,96)(H4,84,85,97)(H4,86,87,98)(H4,88,89,99)(H2,108,109,121)/t38?,39?,40?,41?,42?,43?,44?,45?,46?,47?,48-,49-,51-/m0/s1. The number of hydrogen-bond donors (Lipinski definition) is 31. The minimum Gasteiger partial charge on any atom is -0.370 e. The molecule has 52 heteroatoms. The first-order valence-electron chi connectivity index (χ1n) is 40.8. The van der Waals surface area contributed by atoms with Gasteiger partial charge in [-0.15, -0.1) is 0 Å². The number of carbonyl (C=O) groups is 12. The maximum Gasteiger partial charge on any atom is 0.315 e. The van der Waals surface area contributed by atoms with E-state index in [0.717, 1.165) is 12.2 Å². The van der Waals surface area contributed by atoms with Gasteiger partial charge in [0.15, 0.2) is 47.7 Å². The fourth-order valence-electron chi connectivity index (χ4n) is 12.6. The van der Waals surface area contributed by atoms with Crippen molar-refractivity contribution < 1.29 is 57.5 Å². The molecule has 0 aromatic carbocycles. The van der Waals surface area contributed by atoms with Gasteiger partial charge in [0.05, 0.1) is 24.2 Å². The Hall–Kier alpha value is -12.1. The molecule has 0 spiro atoms. The third-order valence-electron chi connectivity index (χ3n) is 18.9. The molecular weight excluding hydrogens is 1610 g/mol. The first-order chi connectivity index (χ1) is 57.9. The molecule has 0 radical (unpaired) electrons. The molecule has 2 aliphatic heterocycles. The monoisotopic (exact) mass is 1750 g/mol. The van der Waals surface area contributed by atoms with Gasteiger partial charge in [0, 0.05) is 82.9 Å². The van der Waals surface area contributed by atoms with E-state index >= 15 is 0 Å². The molecule has 690 valence electrons. The van der Waals surface area contributed by atoms with E-state index in [2.05, 4.69) is 104 Å². The van der Waals surface area contributed by atoms with E-state index in [-0.39, 0.29) is 271 Å². The number of hydrogen-bond acceptors (Lipinski definition) is 23. The Balaban J connectivity index is 2.54. The van der Waals surface area contributed by atoms with Crippen LogP contribution in [0.15, 0.2) is 39.9 Å². The number of fused-ring (bicyclic) bond motifs is 1. The number of amides is 13. The Morgan fingerprint density at radius 1 is 0.311 bits per heavy atom. The molecule has 2 saturated heterocycles. The number of nitrogens with zero attached hydrogens (tertiary/aromatic N) is 8. The zero-order valence-electron chi connectivity index (χ0n) is 69.5. The summed E-state index contributed by atoms with van der Waals surface area (Å²) >= 11 is 1.74. The zero-order valence-corrected chi connectivity index (χ0v) is 70.3. The van der Waals surface area contributed by atoms with Crippen LogP contribution in [0.5, 0.6) is 0 Å². The molecule has 10 unspecified atom stereocenters. The fourth-order valence-corrected chi connectivity index (χ4v) is 14.1. The van der Waals surface area contributed by atoms with Crippen molar-refractivity contribution in [1.29, 1.82) is 0 Å². The van der Waals surface area contributed by atoms with Crippen molar-refractivity contribution >= 4 is 130 Å². The predicted octanol–water partition coefficient (Wildman–Crippen LogP) is -12.3. The molecule has 51 nitrogen and oxygen atoms in total. The number of unbranched alkanes of at least 4 members (excludes halogenated alkanes) is 3. The lowest BCUT2D eigenvalue weighted by Gasteiger charge is -2.26. The Labute approximate surface area is 713 Å². The second-order valence-corrected chi connectivity index (χ2v) is 30.5. The molecule has 13 atom stereocenters. The Morgan fingerprint density at radius 3 is 0.877 bits per heavy atom. The van der Waals surface area contributed by atoms with Crippen molar-refractivity contribution in [2.24, 2.45) is 149 Å². The molecule has 2 heterocycles. The molecule has 0 aromatic heterocycles. The van der Waals surface area contributed by atoms with Gasteiger partial charge in [-0.25, -0.2) is 4.79 Å². The number of guanidine groups is 8. The van der Waals surface area contributed by atoms with Crippen molar-refractivity contribution in [3.8, 4) is 0 Å². The lowest BCUT2D eigenvalue weighted by molar-refractivity contribution is -0.134. The maximum absolute atomic E-state index is 14.8. The number of rotatable bonds is 65. The van der Waals surface area contributed by atoms with E-state index in [0.29, 0.717) is 25.7 Å². The van der Waals surface area contributed by atoms with Crippen LogP contribution in [-0.4, -0.2) is 268 Å². The van der Waals surface area contributed by atoms with Gasteiger partial charge in [-0.1, -0.05) is 6.42 Å². The second kappa shape index (κ2) is 60.4. The SMILES string of the molecule is NC(=O)C(CCCCNC(=O)C(CCCCNC(=O)C(CCCN=C(N)N)NC(=O)C(CCCN=C(N)N)NC(=O)C(N)CCCN=C(N)N)NC(=O)C(CCCN=C(N)N)NC(=O)C(CCCN=C(N)N)NC(=O)C(N)CCCN=C(N)N)NC(=O)C(CCCN=C(N)N)NC(=O)C(CCCN=C(N)N)NC(=O)CCCC[C@@H]1SC[C@@H]2NC(=O)N[C@@H]21. The first kappa shape index (κ1) is 106. The highest BCUT2D eigenvalue weighted by Gasteiger charge is 2.43. The van der Waals surface area contributed by atoms with Crippen molar-refractivity contribution in [1.82, 2.24) is 63.8 Å². The smallest absolute Gasteiger partial charge is 0.315 e. The number of urea groups is 1. The lowest BCUT2D eigenvalue weighted by atomic mass is 10.0. The van der Waals surface area contributed by atoms with Gasteiger partial charge in [0.1, 0.15) is 48.3 Å². The first-order valence-corrected chi connectivity index (χ1v) is 41.8. The summed E-state index contributed by atoms with van der Waals surface area (Å²) in [6.45, 7) is 0.485. The van der Waals surface area contributed by atoms with E-state index in [1.54, 1.807) is 11.8 Å². The van der Waals surface area contributed by atoms with Crippen LogP contribution in [-0.2, 0) is 52.7 Å². The van der Waals surface area contributed by atoms with E-state index in [1.165, 1.54) is 0 Å². The van der Waals surface area contributed by atoms with Crippen molar-refractivity contribution in [2.75, 3.05) is 71.2 Å². The van der Waals surface area contributed by atoms with E-state index < -0.39 is 125 Å². The molecule has 50 N–H and O–H groups in total.